The van der Waals surface area contributed by atoms with E-state index in [4.69, 9.17) is 0 Å². The third-order valence-electron chi connectivity index (χ3n) is 4.59. The SMILES string of the molecule is CN(CC(C)(NC1CC1)C(=O)O)C1CCCCCC1. The molecule has 2 aliphatic rings. The van der Waals surface area contributed by atoms with Crippen molar-refractivity contribution in [2.24, 2.45) is 0 Å². The van der Waals surface area contributed by atoms with Gasteiger partial charge in [0.05, 0.1) is 0 Å². The van der Waals surface area contributed by atoms with Crippen molar-refractivity contribution in [2.75, 3.05) is 13.6 Å². The smallest absolute Gasteiger partial charge is 0.324 e. The highest BCUT2D eigenvalue weighted by Crippen LogP contribution is 2.25. The molecule has 110 valence electrons. The molecular weight excluding hydrogens is 240 g/mol. The van der Waals surface area contributed by atoms with Gasteiger partial charge in [0.15, 0.2) is 0 Å². The summed E-state index contributed by atoms with van der Waals surface area (Å²) >= 11 is 0. The molecule has 0 amide bonds. The van der Waals surface area contributed by atoms with E-state index in [2.05, 4.69) is 17.3 Å². The second kappa shape index (κ2) is 6.23. The highest BCUT2D eigenvalue weighted by molar-refractivity contribution is 5.78. The summed E-state index contributed by atoms with van der Waals surface area (Å²) in [5.74, 6) is -0.722. The van der Waals surface area contributed by atoms with Crippen LogP contribution in [0.1, 0.15) is 58.3 Å². The standard InChI is InChI=1S/C15H28N2O2/c1-15(14(18)19,16-12-9-10-12)11-17(2)13-7-5-3-4-6-8-13/h12-13,16H,3-11H2,1-2H3,(H,18,19). The second-order valence-corrected chi connectivity index (χ2v) is 6.62. The third kappa shape index (κ3) is 4.18. The summed E-state index contributed by atoms with van der Waals surface area (Å²) in [5, 5.41) is 12.8. The monoisotopic (exact) mass is 268 g/mol. The van der Waals surface area contributed by atoms with Gasteiger partial charge in [0.25, 0.3) is 0 Å². The van der Waals surface area contributed by atoms with Crippen LogP contribution in [0.3, 0.4) is 0 Å². The van der Waals surface area contributed by atoms with E-state index in [1.54, 1.807) is 0 Å². The van der Waals surface area contributed by atoms with Gasteiger partial charge in [-0.25, -0.2) is 0 Å². The van der Waals surface area contributed by atoms with E-state index >= 15 is 0 Å². The minimum Gasteiger partial charge on any atom is -0.480 e. The minimum absolute atomic E-state index is 0.420. The molecule has 2 saturated carbocycles. The predicted molar refractivity (Wildman–Crippen MR) is 76.3 cm³/mol. The first-order valence-electron chi connectivity index (χ1n) is 7.72. The third-order valence-corrected chi connectivity index (χ3v) is 4.59. The molecule has 0 saturated heterocycles. The number of aliphatic carboxylic acids is 1. The van der Waals surface area contributed by atoms with Gasteiger partial charge in [-0.15, -0.1) is 0 Å². The van der Waals surface area contributed by atoms with Crippen LogP contribution in [0.4, 0.5) is 0 Å². The quantitative estimate of drug-likeness (QED) is 0.725. The summed E-state index contributed by atoms with van der Waals surface area (Å²) in [6.07, 6.45) is 9.92. The van der Waals surface area contributed by atoms with E-state index < -0.39 is 11.5 Å². The summed E-state index contributed by atoms with van der Waals surface area (Å²) < 4.78 is 0. The van der Waals surface area contributed by atoms with Crippen molar-refractivity contribution in [3.63, 3.8) is 0 Å². The Morgan fingerprint density at radius 3 is 2.26 bits per heavy atom. The highest BCUT2D eigenvalue weighted by atomic mass is 16.4. The Bertz CT molecular complexity index is 309. The fourth-order valence-corrected chi connectivity index (χ4v) is 3.18. The van der Waals surface area contributed by atoms with Gasteiger partial charge >= 0.3 is 5.97 Å². The van der Waals surface area contributed by atoms with Crippen molar-refractivity contribution in [3.8, 4) is 0 Å². The van der Waals surface area contributed by atoms with Gasteiger partial charge in [0, 0.05) is 18.6 Å². The van der Waals surface area contributed by atoms with E-state index in [1.807, 2.05) is 6.92 Å². The van der Waals surface area contributed by atoms with Crippen molar-refractivity contribution in [1.29, 1.82) is 0 Å². The van der Waals surface area contributed by atoms with Crippen molar-refractivity contribution < 1.29 is 9.90 Å². The van der Waals surface area contributed by atoms with Crippen LogP contribution >= 0.6 is 0 Å². The second-order valence-electron chi connectivity index (χ2n) is 6.62. The average Bonchev–Trinajstić information content (AvgIpc) is 3.14. The average molecular weight is 268 g/mol. The normalized spacial score (nSPS) is 25.0. The molecule has 0 heterocycles. The number of hydrogen-bond acceptors (Lipinski definition) is 3. The van der Waals surface area contributed by atoms with Crippen molar-refractivity contribution in [3.05, 3.63) is 0 Å². The first-order valence-corrected chi connectivity index (χ1v) is 7.72. The largest absolute Gasteiger partial charge is 0.480 e. The molecule has 1 unspecified atom stereocenters. The van der Waals surface area contributed by atoms with Crippen LogP contribution in [-0.2, 0) is 4.79 Å². The van der Waals surface area contributed by atoms with Gasteiger partial charge in [-0.2, -0.15) is 0 Å². The van der Waals surface area contributed by atoms with Gasteiger partial charge in [0.1, 0.15) is 5.54 Å². The maximum atomic E-state index is 11.6. The van der Waals surface area contributed by atoms with E-state index in [9.17, 15) is 9.90 Å². The Labute approximate surface area is 116 Å². The molecule has 0 bridgehead atoms. The zero-order valence-electron chi connectivity index (χ0n) is 12.3. The lowest BCUT2D eigenvalue weighted by Gasteiger charge is -2.35. The number of carboxylic acid groups (broad SMARTS) is 1. The maximum absolute atomic E-state index is 11.6. The maximum Gasteiger partial charge on any atom is 0.324 e. The Morgan fingerprint density at radius 1 is 1.21 bits per heavy atom. The molecule has 2 rings (SSSR count). The molecule has 1 atom stereocenters. The molecule has 4 heteroatoms. The van der Waals surface area contributed by atoms with Gasteiger partial charge in [-0.1, -0.05) is 25.7 Å². The lowest BCUT2D eigenvalue weighted by atomic mass is 9.99. The molecule has 0 spiro atoms. The Hall–Kier alpha value is -0.610. The van der Waals surface area contributed by atoms with Crippen LogP contribution in [0.15, 0.2) is 0 Å². The first kappa shape index (κ1) is 14.8. The molecule has 19 heavy (non-hydrogen) atoms. The van der Waals surface area contributed by atoms with Crippen LogP contribution < -0.4 is 5.32 Å². The molecule has 0 aromatic carbocycles. The van der Waals surface area contributed by atoms with Gasteiger partial charge < -0.3 is 10.0 Å². The number of hydrogen-bond donors (Lipinski definition) is 2. The number of nitrogens with zero attached hydrogens (tertiary/aromatic N) is 1. The summed E-state index contributed by atoms with van der Waals surface area (Å²) in [5.41, 5.74) is -0.803. The lowest BCUT2D eigenvalue weighted by Crippen LogP contribution is -2.58. The minimum atomic E-state index is -0.803. The van der Waals surface area contributed by atoms with Gasteiger partial charge in [-0.05, 0) is 39.7 Å². The Morgan fingerprint density at radius 2 is 1.79 bits per heavy atom. The zero-order chi connectivity index (χ0) is 13.9. The van der Waals surface area contributed by atoms with Gasteiger partial charge in [-0.3, -0.25) is 10.1 Å². The molecule has 2 fully saturated rings. The number of carboxylic acids is 1. The predicted octanol–water partition coefficient (Wildman–Crippen LogP) is 2.24. The number of carbonyl (C=O) groups is 1. The van der Waals surface area contributed by atoms with Crippen molar-refractivity contribution in [1.82, 2.24) is 10.2 Å². The number of likely N-dealkylation sites (N-methyl/N-ethyl adjacent to an activating group) is 1. The van der Waals surface area contributed by atoms with E-state index in [0.29, 0.717) is 18.6 Å². The van der Waals surface area contributed by atoms with Gasteiger partial charge in [0.2, 0.25) is 0 Å². The Kier molecular flexibility index (Phi) is 4.85. The molecule has 0 radical (unpaired) electrons. The van der Waals surface area contributed by atoms with Crippen molar-refractivity contribution in [2.45, 2.75) is 75.9 Å². The number of rotatable bonds is 6. The molecule has 2 aliphatic carbocycles. The first-order chi connectivity index (χ1) is 9.01. The summed E-state index contributed by atoms with van der Waals surface area (Å²) in [4.78, 5) is 13.9. The summed E-state index contributed by atoms with van der Waals surface area (Å²) in [6.45, 7) is 2.43. The fourth-order valence-electron chi connectivity index (χ4n) is 3.18. The molecular formula is C15H28N2O2. The van der Waals surface area contributed by atoms with E-state index in [-0.39, 0.29) is 0 Å². The van der Waals surface area contributed by atoms with Crippen LogP contribution in [0.5, 0.6) is 0 Å². The number of nitrogens with one attached hydrogen (secondary N) is 1. The molecule has 0 aliphatic heterocycles. The van der Waals surface area contributed by atoms with E-state index in [0.717, 1.165) is 12.8 Å². The fraction of sp³-hybridized carbons (Fsp3) is 0.933. The van der Waals surface area contributed by atoms with Crippen LogP contribution in [-0.4, -0.2) is 47.2 Å². The summed E-state index contributed by atoms with van der Waals surface area (Å²) in [7, 11) is 2.09. The van der Waals surface area contributed by atoms with Crippen molar-refractivity contribution >= 4 is 5.97 Å². The highest BCUT2D eigenvalue weighted by Gasteiger charge is 2.40. The molecule has 0 aromatic rings. The molecule has 0 aromatic heterocycles. The van der Waals surface area contributed by atoms with E-state index in [1.165, 1.54) is 38.5 Å². The van der Waals surface area contributed by atoms with Crippen LogP contribution in [0, 0.1) is 0 Å². The lowest BCUT2D eigenvalue weighted by molar-refractivity contribution is -0.145. The summed E-state index contributed by atoms with van der Waals surface area (Å²) in [6, 6.07) is 0.978. The molecule has 2 N–H and O–H groups in total. The Balaban J connectivity index is 1.92. The zero-order valence-corrected chi connectivity index (χ0v) is 12.3. The topological polar surface area (TPSA) is 52.6 Å². The molecule has 4 nitrogen and oxygen atoms in total. The van der Waals surface area contributed by atoms with Crippen LogP contribution in [0.2, 0.25) is 0 Å². The van der Waals surface area contributed by atoms with Crippen LogP contribution in [0.25, 0.3) is 0 Å².